The highest BCUT2D eigenvalue weighted by molar-refractivity contribution is 5.64. The van der Waals surface area contributed by atoms with Crippen molar-refractivity contribution in [3.63, 3.8) is 0 Å². The van der Waals surface area contributed by atoms with Gasteiger partial charge in [0.15, 0.2) is 0 Å². The third-order valence-electron chi connectivity index (χ3n) is 1.97. The largest absolute Gasteiger partial charge is 0.405 e. The van der Waals surface area contributed by atoms with E-state index in [-0.39, 0.29) is 11.3 Å². The molecular formula is C10H10F3N3. The minimum Gasteiger partial charge on any atom is -0.399 e. The Morgan fingerprint density at radius 3 is 2.56 bits per heavy atom. The zero-order chi connectivity index (χ0) is 12.3. The van der Waals surface area contributed by atoms with Gasteiger partial charge in [-0.25, -0.2) is 0 Å². The highest BCUT2D eigenvalue weighted by Gasteiger charge is 2.30. The molecule has 0 aliphatic heterocycles. The van der Waals surface area contributed by atoms with Crippen LogP contribution in [0.15, 0.2) is 18.2 Å². The predicted molar refractivity (Wildman–Crippen MR) is 54.9 cm³/mol. The fraction of sp³-hybridized carbons (Fsp3) is 0.300. The second kappa shape index (κ2) is 4.31. The van der Waals surface area contributed by atoms with Crippen molar-refractivity contribution in [2.24, 2.45) is 0 Å². The molecule has 0 saturated heterocycles. The second-order valence-corrected chi connectivity index (χ2v) is 3.36. The molecular weight excluding hydrogens is 219 g/mol. The van der Waals surface area contributed by atoms with Crippen LogP contribution in [0.1, 0.15) is 5.56 Å². The van der Waals surface area contributed by atoms with Crippen molar-refractivity contribution in [1.82, 2.24) is 0 Å². The number of nitrogen functional groups attached to an aromatic ring is 1. The maximum absolute atomic E-state index is 12.2. The SMILES string of the molecule is CN(CC(F)(F)F)c1ccc(N)cc1C#N. The fourth-order valence-corrected chi connectivity index (χ4v) is 1.33. The normalized spacial score (nSPS) is 10.9. The number of halogens is 3. The van der Waals surface area contributed by atoms with Crippen LogP contribution in [0.3, 0.4) is 0 Å². The summed E-state index contributed by atoms with van der Waals surface area (Å²) in [5.74, 6) is 0. The minimum atomic E-state index is -4.30. The first-order valence-electron chi connectivity index (χ1n) is 4.41. The molecule has 1 aromatic carbocycles. The number of nitrogens with two attached hydrogens (primary N) is 1. The topological polar surface area (TPSA) is 53.0 Å². The summed E-state index contributed by atoms with van der Waals surface area (Å²) in [5, 5.41) is 8.78. The Morgan fingerprint density at radius 1 is 1.44 bits per heavy atom. The number of hydrogen-bond donors (Lipinski definition) is 1. The van der Waals surface area contributed by atoms with Crippen LogP contribution in [-0.2, 0) is 0 Å². The summed E-state index contributed by atoms with van der Waals surface area (Å²) in [6.45, 7) is -1.11. The number of anilines is 2. The Balaban J connectivity index is 3.00. The lowest BCUT2D eigenvalue weighted by atomic mass is 10.1. The quantitative estimate of drug-likeness (QED) is 0.790. The number of nitrogens with zero attached hydrogens (tertiary/aromatic N) is 2. The van der Waals surface area contributed by atoms with Crippen molar-refractivity contribution in [2.45, 2.75) is 6.18 Å². The molecule has 0 aliphatic rings. The minimum absolute atomic E-state index is 0.131. The van der Waals surface area contributed by atoms with E-state index >= 15 is 0 Å². The maximum Gasteiger partial charge on any atom is 0.405 e. The molecule has 1 aromatic rings. The van der Waals surface area contributed by atoms with E-state index in [2.05, 4.69) is 0 Å². The zero-order valence-electron chi connectivity index (χ0n) is 8.54. The molecule has 6 heteroatoms. The second-order valence-electron chi connectivity index (χ2n) is 3.36. The lowest BCUT2D eigenvalue weighted by molar-refractivity contribution is -0.119. The Morgan fingerprint density at radius 2 is 2.06 bits per heavy atom. The number of benzene rings is 1. The Hall–Kier alpha value is -1.90. The van der Waals surface area contributed by atoms with Crippen LogP contribution in [0.2, 0.25) is 0 Å². The molecule has 3 nitrogen and oxygen atoms in total. The van der Waals surface area contributed by atoms with E-state index in [0.717, 1.165) is 4.90 Å². The molecule has 0 radical (unpaired) electrons. The van der Waals surface area contributed by atoms with Crippen molar-refractivity contribution >= 4 is 11.4 Å². The Bertz CT molecular complexity index is 420. The van der Waals surface area contributed by atoms with E-state index in [1.54, 1.807) is 0 Å². The zero-order valence-corrected chi connectivity index (χ0v) is 8.54. The number of hydrogen-bond acceptors (Lipinski definition) is 3. The smallest absolute Gasteiger partial charge is 0.399 e. The molecule has 0 atom stereocenters. The van der Waals surface area contributed by atoms with E-state index < -0.39 is 12.7 Å². The molecule has 0 aromatic heterocycles. The van der Waals surface area contributed by atoms with Crippen molar-refractivity contribution in [2.75, 3.05) is 24.2 Å². The van der Waals surface area contributed by atoms with E-state index in [0.29, 0.717) is 5.69 Å². The number of alkyl halides is 3. The maximum atomic E-state index is 12.2. The molecule has 0 fully saturated rings. The van der Waals surface area contributed by atoms with Gasteiger partial charge in [-0.3, -0.25) is 0 Å². The molecule has 16 heavy (non-hydrogen) atoms. The predicted octanol–water partition coefficient (Wildman–Crippen LogP) is 2.14. The van der Waals surface area contributed by atoms with E-state index in [4.69, 9.17) is 11.0 Å². The van der Waals surface area contributed by atoms with E-state index in [1.165, 1.54) is 25.2 Å². The standard InChI is InChI=1S/C10H10F3N3/c1-16(6-10(11,12)13)9-3-2-8(15)4-7(9)5-14/h2-4H,6,15H2,1H3. The molecule has 0 heterocycles. The number of nitriles is 1. The van der Waals surface area contributed by atoms with Crippen molar-refractivity contribution in [1.29, 1.82) is 5.26 Å². The molecule has 0 aliphatic carbocycles. The molecule has 86 valence electrons. The summed E-state index contributed by atoms with van der Waals surface area (Å²) >= 11 is 0. The highest BCUT2D eigenvalue weighted by atomic mass is 19.4. The molecule has 1 rings (SSSR count). The van der Waals surface area contributed by atoms with Gasteiger partial charge in [-0.05, 0) is 18.2 Å². The summed E-state index contributed by atoms with van der Waals surface area (Å²) in [5.41, 5.74) is 6.13. The fourth-order valence-electron chi connectivity index (χ4n) is 1.33. The third kappa shape index (κ3) is 3.05. The van der Waals surface area contributed by atoms with Gasteiger partial charge in [0.05, 0.1) is 11.3 Å². The summed E-state index contributed by atoms with van der Waals surface area (Å²) in [6.07, 6.45) is -4.30. The summed E-state index contributed by atoms with van der Waals surface area (Å²) in [4.78, 5) is 0.970. The van der Waals surface area contributed by atoms with Crippen LogP contribution < -0.4 is 10.6 Å². The molecule has 0 spiro atoms. The molecule has 0 amide bonds. The third-order valence-corrected chi connectivity index (χ3v) is 1.97. The molecule has 0 bridgehead atoms. The molecule has 0 saturated carbocycles. The van der Waals surface area contributed by atoms with Crippen LogP contribution in [0.4, 0.5) is 24.5 Å². The van der Waals surface area contributed by atoms with Crippen LogP contribution in [0, 0.1) is 11.3 Å². The lowest BCUT2D eigenvalue weighted by Gasteiger charge is -2.21. The van der Waals surface area contributed by atoms with Crippen LogP contribution in [-0.4, -0.2) is 19.8 Å². The van der Waals surface area contributed by atoms with Crippen LogP contribution in [0.25, 0.3) is 0 Å². The van der Waals surface area contributed by atoms with Gasteiger partial charge in [-0.1, -0.05) is 0 Å². The van der Waals surface area contributed by atoms with Gasteiger partial charge < -0.3 is 10.6 Å². The van der Waals surface area contributed by atoms with Gasteiger partial charge in [-0.15, -0.1) is 0 Å². The van der Waals surface area contributed by atoms with E-state index in [9.17, 15) is 13.2 Å². The monoisotopic (exact) mass is 229 g/mol. The van der Waals surface area contributed by atoms with Crippen LogP contribution in [0.5, 0.6) is 0 Å². The van der Waals surface area contributed by atoms with Gasteiger partial charge >= 0.3 is 6.18 Å². The van der Waals surface area contributed by atoms with Gasteiger partial charge in [0, 0.05) is 12.7 Å². The Labute approximate surface area is 90.9 Å². The van der Waals surface area contributed by atoms with Crippen molar-refractivity contribution < 1.29 is 13.2 Å². The summed E-state index contributed by atoms with van der Waals surface area (Å²) < 4.78 is 36.5. The Kier molecular flexibility index (Phi) is 3.28. The average Bonchev–Trinajstić information content (AvgIpc) is 2.14. The van der Waals surface area contributed by atoms with Gasteiger partial charge in [0.2, 0.25) is 0 Å². The van der Waals surface area contributed by atoms with Crippen molar-refractivity contribution in [3.05, 3.63) is 23.8 Å². The van der Waals surface area contributed by atoms with Gasteiger partial charge in [-0.2, -0.15) is 18.4 Å². The van der Waals surface area contributed by atoms with Gasteiger partial charge in [0.25, 0.3) is 0 Å². The molecule has 0 unspecified atom stereocenters. The van der Waals surface area contributed by atoms with Gasteiger partial charge in [0.1, 0.15) is 12.6 Å². The summed E-state index contributed by atoms with van der Waals surface area (Å²) in [7, 11) is 1.28. The molecule has 2 N–H and O–H groups in total. The highest BCUT2D eigenvalue weighted by Crippen LogP contribution is 2.25. The van der Waals surface area contributed by atoms with Crippen molar-refractivity contribution in [3.8, 4) is 6.07 Å². The summed E-state index contributed by atoms with van der Waals surface area (Å²) in [6, 6.07) is 6.03. The van der Waals surface area contributed by atoms with Crippen LogP contribution >= 0.6 is 0 Å². The first kappa shape index (κ1) is 12.2. The average molecular weight is 229 g/mol. The first-order valence-corrected chi connectivity index (χ1v) is 4.41. The number of rotatable bonds is 2. The lowest BCUT2D eigenvalue weighted by Crippen LogP contribution is -2.31. The first-order chi connectivity index (χ1) is 7.33. The van der Waals surface area contributed by atoms with E-state index in [1.807, 2.05) is 6.07 Å².